The molecule has 2 rings (SSSR count). The van der Waals surface area contributed by atoms with Crippen molar-refractivity contribution in [3.63, 3.8) is 0 Å². The lowest BCUT2D eigenvalue weighted by Gasteiger charge is -2.19. The third kappa shape index (κ3) is 3.54. The summed E-state index contributed by atoms with van der Waals surface area (Å²) in [5, 5.41) is 10.6. The van der Waals surface area contributed by atoms with Crippen LogP contribution in [0.25, 0.3) is 0 Å². The maximum Gasteiger partial charge on any atom is 0.416 e. The van der Waals surface area contributed by atoms with Crippen LogP contribution in [0.3, 0.4) is 0 Å². The van der Waals surface area contributed by atoms with Crippen LogP contribution in [0.5, 0.6) is 0 Å². The topological polar surface area (TPSA) is 37.8 Å². The SMILES string of the molecule is CC(NCc1cccnn1)c1ccccc1C(F)(F)F. The molecule has 0 spiro atoms. The average molecular weight is 281 g/mol. The van der Waals surface area contributed by atoms with Gasteiger partial charge in [0, 0.05) is 18.8 Å². The molecule has 0 radical (unpaired) electrons. The first kappa shape index (κ1) is 14.5. The minimum absolute atomic E-state index is 0.226. The Morgan fingerprint density at radius 2 is 1.90 bits per heavy atom. The molecular formula is C14H14F3N3. The Bertz CT molecular complexity index is 555. The summed E-state index contributed by atoms with van der Waals surface area (Å²) < 4.78 is 38.8. The van der Waals surface area contributed by atoms with Crippen LogP contribution in [0.15, 0.2) is 42.6 Å². The highest BCUT2D eigenvalue weighted by Crippen LogP contribution is 2.34. The minimum atomic E-state index is -4.35. The fourth-order valence-electron chi connectivity index (χ4n) is 1.93. The molecule has 1 atom stereocenters. The normalized spacial score (nSPS) is 13.2. The second-order valence-electron chi connectivity index (χ2n) is 4.40. The lowest BCUT2D eigenvalue weighted by Crippen LogP contribution is -2.22. The number of hydrogen-bond acceptors (Lipinski definition) is 3. The van der Waals surface area contributed by atoms with Crippen molar-refractivity contribution in [2.24, 2.45) is 0 Å². The fourth-order valence-corrected chi connectivity index (χ4v) is 1.93. The number of hydrogen-bond donors (Lipinski definition) is 1. The predicted molar refractivity (Wildman–Crippen MR) is 68.7 cm³/mol. The van der Waals surface area contributed by atoms with E-state index < -0.39 is 17.8 Å². The molecule has 3 nitrogen and oxygen atoms in total. The smallest absolute Gasteiger partial charge is 0.304 e. The zero-order chi connectivity index (χ0) is 14.6. The molecule has 2 aromatic rings. The molecule has 6 heteroatoms. The van der Waals surface area contributed by atoms with Crippen molar-refractivity contribution in [2.75, 3.05) is 0 Å². The van der Waals surface area contributed by atoms with Crippen LogP contribution in [0.1, 0.15) is 29.8 Å². The van der Waals surface area contributed by atoms with Crippen molar-refractivity contribution in [3.05, 3.63) is 59.4 Å². The molecule has 0 aliphatic carbocycles. The Morgan fingerprint density at radius 1 is 1.15 bits per heavy atom. The van der Waals surface area contributed by atoms with Gasteiger partial charge in [-0.3, -0.25) is 0 Å². The molecule has 1 aromatic carbocycles. The van der Waals surface area contributed by atoms with Crippen molar-refractivity contribution in [2.45, 2.75) is 25.7 Å². The number of benzene rings is 1. The van der Waals surface area contributed by atoms with Crippen LogP contribution in [-0.4, -0.2) is 10.2 Å². The van der Waals surface area contributed by atoms with E-state index in [9.17, 15) is 13.2 Å². The molecule has 0 bridgehead atoms. The lowest BCUT2D eigenvalue weighted by molar-refractivity contribution is -0.138. The van der Waals surface area contributed by atoms with Crippen molar-refractivity contribution < 1.29 is 13.2 Å². The maximum atomic E-state index is 12.9. The number of nitrogens with one attached hydrogen (secondary N) is 1. The lowest BCUT2D eigenvalue weighted by atomic mass is 10.0. The number of aromatic nitrogens is 2. The van der Waals surface area contributed by atoms with E-state index in [2.05, 4.69) is 15.5 Å². The first-order valence-corrected chi connectivity index (χ1v) is 6.14. The highest BCUT2D eigenvalue weighted by atomic mass is 19.4. The summed E-state index contributed by atoms with van der Waals surface area (Å²) in [6, 6.07) is 8.63. The Kier molecular flexibility index (Phi) is 4.34. The van der Waals surface area contributed by atoms with Gasteiger partial charge in [0.1, 0.15) is 0 Å². The molecule has 0 saturated heterocycles. The van der Waals surface area contributed by atoms with E-state index >= 15 is 0 Å². The summed E-state index contributed by atoms with van der Waals surface area (Å²) in [5.74, 6) is 0. The molecule has 0 aliphatic heterocycles. The van der Waals surface area contributed by atoms with Crippen LogP contribution in [0.2, 0.25) is 0 Å². The number of rotatable bonds is 4. The minimum Gasteiger partial charge on any atom is -0.304 e. The van der Waals surface area contributed by atoms with Crippen LogP contribution in [0.4, 0.5) is 13.2 Å². The molecular weight excluding hydrogens is 267 g/mol. The summed E-state index contributed by atoms with van der Waals surface area (Å²) in [5.41, 5.74) is 0.298. The molecule has 1 aromatic heterocycles. The molecule has 0 fully saturated rings. The number of alkyl halides is 3. The van der Waals surface area contributed by atoms with E-state index in [4.69, 9.17) is 0 Å². The van der Waals surface area contributed by atoms with Gasteiger partial charge in [0.2, 0.25) is 0 Å². The highest BCUT2D eigenvalue weighted by Gasteiger charge is 2.33. The predicted octanol–water partition coefficient (Wildman–Crippen LogP) is 3.35. The van der Waals surface area contributed by atoms with E-state index in [0.29, 0.717) is 12.2 Å². The Labute approximate surface area is 114 Å². The molecule has 106 valence electrons. The molecule has 20 heavy (non-hydrogen) atoms. The monoisotopic (exact) mass is 281 g/mol. The molecule has 0 amide bonds. The van der Waals surface area contributed by atoms with Gasteiger partial charge in [-0.2, -0.15) is 23.4 Å². The molecule has 1 heterocycles. The van der Waals surface area contributed by atoms with Crippen molar-refractivity contribution in [1.29, 1.82) is 0 Å². The third-order valence-corrected chi connectivity index (χ3v) is 2.95. The summed E-state index contributed by atoms with van der Waals surface area (Å²) in [6.07, 6.45) is -2.80. The first-order valence-electron chi connectivity index (χ1n) is 6.14. The van der Waals surface area contributed by atoms with Crippen molar-refractivity contribution in [1.82, 2.24) is 15.5 Å². The number of halogens is 3. The summed E-state index contributed by atoms with van der Waals surface area (Å²) >= 11 is 0. The van der Waals surface area contributed by atoms with E-state index in [1.54, 1.807) is 31.3 Å². The summed E-state index contributed by atoms with van der Waals surface area (Å²) in [6.45, 7) is 2.06. The number of nitrogens with zero attached hydrogens (tertiary/aromatic N) is 2. The van der Waals surface area contributed by atoms with Crippen molar-refractivity contribution in [3.8, 4) is 0 Å². The van der Waals surface area contributed by atoms with E-state index in [0.717, 1.165) is 6.07 Å². The summed E-state index contributed by atoms with van der Waals surface area (Å²) in [4.78, 5) is 0. The van der Waals surface area contributed by atoms with Gasteiger partial charge in [-0.1, -0.05) is 18.2 Å². The zero-order valence-corrected chi connectivity index (χ0v) is 10.9. The summed E-state index contributed by atoms with van der Waals surface area (Å²) in [7, 11) is 0. The average Bonchev–Trinajstić information content (AvgIpc) is 2.45. The Hall–Kier alpha value is -1.95. The van der Waals surface area contributed by atoms with Gasteiger partial charge in [0.25, 0.3) is 0 Å². The quantitative estimate of drug-likeness (QED) is 0.934. The van der Waals surface area contributed by atoms with Gasteiger partial charge in [-0.25, -0.2) is 0 Å². The zero-order valence-electron chi connectivity index (χ0n) is 10.9. The van der Waals surface area contributed by atoms with E-state index in [-0.39, 0.29) is 5.56 Å². The standard InChI is InChI=1S/C14H14F3N3/c1-10(18-9-11-5-4-8-19-20-11)12-6-2-3-7-13(12)14(15,16)17/h2-8,10,18H,9H2,1H3. The van der Waals surface area contributed by atoms with Gasteiger partial charge in [-0.05, 0) is 30.7 Å². The van der Waals surface area contributed by atoms with Gasteiger partial charge in [-0.15, -0.1) is 0 Å². The molecule has 0 aliphatic rings. The first-order chi connectivity index (χ1) is 9.48. The van der Waals surface area contributed by atoms with Gasteiger partial charge < -0.3 is 5.32 Å². The fraction of sp³-hybridized carbons (Fsp3) is 0.286. The Balaban J connectivity index is 2.12. The van der Waals surface area contributed by atoms with Crippen LogP contribution in [-0.2, 0) is 12.7 Å². The van der Waals surface area contributed by atoms with Crippen LogP contribution in [0, 0.1) is 0 Å². The molecule has 1 unspecified atom stereocenters. The van der Waals surface area contributed by atoms with Gasteiger partial charge >= 0.3 is 6.18 Å². The van der Waals surface area contributed by atoms with Gasteiger partial charge in [0.05, 0.1) is 11.3 Å². The van der Waals surface area contributed by atoms with Crippen LogP contribution < -0.4 is 5.32 Å². The van der Waals surface area contributed by atoms with E-state index in [1.165, 1.54) is 12.1 Å². The highest BCUT2D eigenvalue weighted by molar-refractivity contribution is 5.32. The second kappa shape index (κ2) is 6.00. The molecule has 1 N–H and O–H groups in total. The van der Waals surface area contributed by atoms with Crippen LogP contribution >= 0.6 is 0 Å². The van der Waals surface area contributed by atoms with E-state index in [1.807, 2.05) is 0 Å². The second-order valence-corrected chi connectivity index (χ2v) is 4.40. The molecule has 0 saturated carbocycles. The third-order valence-electron chi connectivity index (χ3n) is 2.95. The maximum absolute atomic E-state index is 12.9. The largest absolute Gasteiger partial charge is 0.416 e. The Morgan fingerprint density at radius 3 is 2.55 bits per heavy atom. The van der Waals surface area contributed by atoms with Crippen molar-refractivity contribution >= 4 is 0 Å². The van der Waals surface area contributed by atoms with Gasteiger partial charge in [0.15, 0.2) is 0 Å².